The number of likely N-dealkylation sites (tertiary alicyclic amines) is 1. The Hall–Kier alpha value is -0.290. The molecule has 2 nitrogen and oxygen atoms in total. The maximum Gasteiger partial charge on any atom is 0.393 e. The van der Waals surface area contributed by atoms with E-state index in [-0.39, 0.29) is 11.5 Å². The molecule has 118 valence electrons. The lowest BCUT2D eigenvalue weighted by molar-refractivity contribution is -0.212. The van der Waals surface area contributed by atoms with Crippen LogP contribution in [-0.4, -0.2) is 42.3 Å². The van der Waals surface area contributed by atoms with Crippen molar-refractivity contribution in [3.05, 3.63) is 0 Å². The summed E-state index contributed by atoms with van der Waals surface area (Å²) in [6.07, 6.45) is -2.22. The Morgan fingerprint density at radius 3 is 2.20 bits per heavy atom. The molecule has 0 bridgehead atoms. The maximum absolute atomic E-state index is 13.3. The van der Waals surface area contributed by atoms with Crippen LogP contribution in [-0.2, 0) is 0 Å². The number of hydrogen-bond donors (Lipinski definition) is 1. The molecule has 1 saturated heterocycles. The van der Waals surface area contributed by atoms with Gasteiger partial charge < -0.3 is 5.32 Å². The molecule has 0 unspecified atom stereocenters. The molecule has 1 aliphatic carbocycles. The SMILES string of the molecule is CC(C)N[C@H]1CCC2(C[C@@H]1C(F)(F)F)CN(C(C)C)C2. The first-order chi connectivity index (χ1) is 9.13. The van der Waals surface area contributed by atoms with Gasteiger partial charge in [-0.25, -0.2) is 0 Å². The first kappa shape index (κ1) is 16.1. The number of alkyl halides is 3. The molecule has 1 heterocycles. The molecule has 0 amide bonds. The lowest BCUT2D eigenvalue weighted by Crippen LogP contribution is -2.63. The summed E-state index contributed by atoms with van der Waals surface area (Å²) in [5, 5.41) is 3.12. The fourth-order valence-electron chi connectivity index (χ4n) is 3.81. The van der Waals surface area contributed by atoms with Gasteiger partial charge in [-0.05, 0) is 38.5 Å². The molecule has 0 aromatic rings. The van der Waals surface area contributed by atoms with E-state index in [2.05, 4.69) is 24.1 Å². The summed E-state index contributed by atoms with van der Waals surface area (Å²) in [4.78, 5) is 2.28. The first-order valence-electron chi connectivity index (χ1n) is 7.70. The van der Waals surface area contributed by atoms with E-state index < -0.39 is 18.1 Å². The molecule has 2 rings (SSSR count). The molecule has 0 aromatic carbocycles. The van der Waals surface area contributed by atoms with Crippen LogP contribution in [0.5, 0.6) is 0 Å². The van der Waals surface area contributed by atoms with Crippen molar-refractivity contribution in [1.82, 2.24) is 10.2 Å². The fourth-order valence-corrected chi connectivity index (χ4v) is 3.81. The molecule has 1 saturated carbocycles. The van der Waals surface area contributed by atoms with Gasteiger partial charge in [-0.2, -0.15) is 13.2 Å². The molecule has 2 fully saturated rings. The van der Waals surface area contributed by atoms with E-state index >= 15 is 0 Å². The second kappa shape index (κ2) is 5.48. The van der Waals surface area contributed by atoms with Crippen LogP contribution in [0, 0.1) is 11.3 Å². The Labute approximate surface area is 120 Å². The van der Waals surface area contributed by atoms with Crippen LogP contribution in [0.15, 0.2) is 0 Å². The zero-order valence-corrected chi connectivity index (χ0v) is 12.9. The van der Waals surface area contributed by atoms with Gasteiger partial charge in [0.1, 0.15) is 0 Å². The van der Waals surface area contributed by atoms with E-state index in [9.17, 15) is 13.2 Å². The molecule has 20 heavy (non-hydrogen) atoms. The molecule has 1 aliphatic heterocycles. The molecular weight excluding hydrogens is 265 g/mol. The number of halogens is 3. The summed E-state index contributed by atoms with van der Waals surface area (Å²) in [7, 11) is 0. The van der Waals surface area contributed by atoms with Crippen LogP contribution in [0.25, 0.3) is 0 Å². The second-order valence-corrected chi connectivity index (χ2v) is 7.32. The van der Waals surface area contributed by atoms with E-state index in [1.54, 1.807) is 0 Å². The molecule has 0 radical (unpaired) electrons. The van der Waals surface area contributed by atoms with E-state index in [1.807, 2.05) is 13.8 Å². The highest BCUT2D eigenvalue weighted by Crippen LogP contribution is 2.50. The molecule has 2 aliphatic rings. The average Bonchev–Trinajstić information content (AvgIpc) is 2.24. The highest BCUT2D eigenvalue weighted by Gasteiger charge is 2.55. The van der Waals surface area contributed by atoms with Crippen molar-refractivity contribution in [1.29, 1.82) is 0 Å². The van der Waals surface area contributed by atoms with Crippen LogP contribution < -0.4 is 5.32 Å². The summed E-state index contributed by atoms with van der Waals surface area (Å²) in [5.41, 5.74) is -0.0837. The van der Waals surface area contributed by atoms with Gasteiger partial charge in [-0.15, -0.1) is 0 Å². The summed E-state index contributed by atoms with van der Waals surface area (Å²) in [5.74, 6) is -1.19. The van der Waals surface area contributed by atoms with Gasteiger partial charge in [-0.3, -0.25) is 4.90 Å². The minimum absolute atomic E-state index is 0.0837. The third kappa shape index (κ3) is 3.30. The number of nitrogens with one attached hydrogen (secondary N) is 1. The first-order valence-corrected chi connectivity index (χ1v) is 7.70. The largest absolute Gasteiger partial charge is 0.393 e. The van der Waals surface area contributed by atoms with E-state index in [0.717, 1.165) is 19.5 Å². The third-order valence-electron chi connectivity index (χ3n) is 4.90. The molecule has 5 heteroatoms. The van der Waals surface area contributed by atoms with Crippen LogP contribution in [0.4, 0.5) is 13.2 Å². The monoisotopic (exact) mass is 292 g/mol. The Kier molecular flexibility index (Phi) is 4.41. The van der Waals surface area contributed by atoms with E-state index in [1.165, 1.54) is 0 Å². The normalized spacial score (nSPS) is 31.1. The van der Waals surface area contributed by atoms with Gasteiger partial charge in [0, 0.05) is 31.2 Å². The smallest absolute Gasteiger partial charge is 0.311 e. The van der Waals surface area contributed by atoms with Crippen molar-refractivity contribution >= 4 is 0 Å². The highest BCUT2D eigenvalue weighted by molar-refractivity contribution is 5.04. The number of nitrogens with zero attached hydrogens (tertiary/aromatic N) is 1. The molecule has 1 N–H and O–H groups in total. The van der Waals surface area contributed by atoms with Gasteiger partial charge in [-0.1, -0.05) is 13.8 Å². The zero-order chi connectivity index (χ0) is 15.1. The Morgan fingerprint density at radius 2 is 1.75 bits per heavy atom. The van der Waals surface area contributed by atoms with Crippen LogP contribution in [0.3, 0.4) is 0 Å². The second-order valence-electron chi connectivity index (χ2n) is 7.32. The molecule has 2 atom stereocenters. The van der Waals surface area contributed by atoms with Crippen LogP contribution >= 0.6 is 0 Å². The number of rotatable bonds is 3. The van der Waals surface area contributed by atoms with Crippen LogP contribution in [0.2, 0.25) is 0 Å². The quantitative estimate of drug-likeness (QED) is 0.857. The molecular formula is C15H27F3N2. The lowest BCUT2D eigenvalue weighted by Gasteiger charge is -2.57. The minimum Gasteiger partial charge on any atom is -0.311 e. The Bertz CT molecular complexity index is 333. The number of hydrogen-bond acceptors (Lipinski definition) is 2. The predicted octanol–water partition coefficient (Wildman–Crippen LogP) is 3.43. The van der Waals surface area contributed by atoms with Crippen molar-refractivity contribution in [3.8, 4) is 0 Å². The molecule has 1 spiro atoms. The predicted molar refractivity (Wildman–Crippen MR) is 74.6 cm³/mol. The summed E-state index contributed by atoms with van der Waals surface area (Å²) in [6, 6.07) is 0.137. The van der Waals surface area contributed by atoms with Gasteiger partial charge in [0.2, 0.25) is 0 Å². The third-order valence-corrected chi connectivity index (χ3v) is 4.90. The summed E-state index contributed by atoms with van der Waals surface area (Å²) >= 11 is 0. The summed E-state index contributed by atoms with van der Waals surface area (Å²) in [6.45, 7) is 9.74. The van der Waals surface area contributed by atoms with Gasteiger partial charge in [0.15, 0.2) is 0 Å². The van der Waals surface area contributed by atoms with Crippen molar-refractivity contribution in [2.24, 2.45) is 11.3 Å². The van der Waals surface area contributed by atoms with E-state index in [4.69, 9.17) is 0 Å². The zero-order valence-electron chi connectivity index (χ0n) is 12.9. The summed E-state index contributed by atoms with van der Waals surface area (Å²) < 4.78 is 40.0. The highest BCUT2D eigenvalue weighted by atomic mass is 19.4. The topological polar surface area (TPSA) is 15.3 Å². The van der Waals surface area contributed by atoms with Crippen molar-refractivity contribution in [2.75, 3.05) is 13.1 Å². The Morgan fingerprint density at radius 1 is 1.15 bits per heavy atom. The standard InChI is InChI=1S/C15H27F3N2/c1-10(2)19-13-5-6-14(7-12(13)15(16,17)18)8-20(9-14)11(3)4/h10-13,19H,5-9H2,1-4H3/t12-,13-/m0/s1. The molecule has 0 aromatic heterocycles. The van der Waals surface area contributed by atoms with Crippen molar-refractivity contribution in [3.63, 3.8) is 0 Å². The van der Waals surface area contributed by atoms with Gasteiger partial charge >= 0.3 is 6.18 Å². The van der Waals surface area contributed by atoms with E-state index in [0.29, 0.717) is 18.9 Å². The lowest BCUT2D eigenvalue weighted by atomic mass is 9.63. The van der Waals surface area contributed by atoms with Crippen molar-refractivity contribution < 1.29 is 13.2 Å². The van der Waals surface area contributed by atoms with Crippen molar-refractivity contribution in [2.45, 2.75) is 71.3 Å². The average molecular weight is 292 g/mol. The van der Waals surface area contributed by atoms with Crippen LogP contribution in [0.1, 0.15) is 47.0 Å². The Balaban J connectivity index is 2.03. The van der Waals surface area contributed by atoms with Gasteiger partial charge in [0.05, 0.1) is 5.92 Å². The fraction of sp³-hybridized carbons (Fsp3) is 1.00. The minimum atomic E-state index is -4.09. The van der Waals surface area contributed by atoms with Gasteiger partial charge in [0.25, 0.3) is 0 Å². The maximum atomic E-state index is 13.3.